The highest BCUT2D eigenvalue weighted by Gasteiger charge is 2.31. The summed E-state index contributed by atoms with van der Waals surface area (Å²) in [5.41, 5.74) is 2.75. The molecule has 0 saturated heterocycles. The Morgan fingerprint density at radius 2 is 1.93 bits per heavy atom. The Balaban J connectivity index is 1.83. The molecule has 0 aliphatic rings. The Labute approximate surface area is 162 Å². The van der Waals surface area contributed by atoms with E-state index in [1.54, 1.807) is 30.3 Å². The molecule has 0 aliphatic carbocycles. The maximum atomic E-state index is 12.3. The molecule has 0 bridgehead atoms. The highest BCUT2D eigenvalue weighted by Crippen LogP contribution is 2.23. The van der Waals surface area contributed by atoms with Gasteiger partial charge in [0, 0.05) is 5.56 Å². The van der Waals surface area contributed by atoms with E-state index in [1.807, 2.05) is 6.07 Å². The minimum absolute atomic E-state index is 0.0354. The lowest BCUT2D eigenvalue weighted by Gasteiger charge is -2.08. The molecular formula is C19H12F3N5O2. The molecule has 146 valence electrons. The van der Waals surface area contributed by atoms with Gasteiger partial charge >= 0.3 is 6.36 Å². The van der Waals surface area contributed by atoms with E-state index < -0.39 is 17.7 Å². The van der Waals surface area contributed by atoms with Gasteiger partial charge in [-0.1, -0.05) is 42.5 Å². The van der Waals surface area contributed by atoms with Crippen LogP contribution in [0.15, 0.2) is 64.5 Å². The summed E-state index contributed by atoms with van der Waals surface area (Å²) in [5.74, 6) is -0.426. The van der Waals surface area contributed by atoms with Crippen LogP contribution in [0.2, 0.25) is 0 Å². The maximum Gasteiger partial charge on any atom is 0.573 e. The second-order valence-corrected chi connectivity index (χ2v) is 5.61. The first kappa shape index (κ1) is 19.6. The third-order valence-corrected chi connectivity index (χ3v) is 3.55. The van der Waals surface area contributed by atoms with Crippen molar-refractivity contribution in [3.63, 3.8) is 0 Å². The van der Waals surface area contributed by atoms with Gasteiger partial charge in [0.05, 0.1) is 11.9 Å². The summed E-state index contributed by atoms with van der Waals surface area (Å²) in [7, 11) is 0. The van der Waals surface area contributed by atoms with Crippen molar-refractivity contribution in [2.24, 2.45) is 5.10 Å². The van der Waals surface area contributed by atoms with Crippen LogP contribution in [-0.4, -0.2) is 22.5 Å². The second-order valence-electron chi connectivity index (χ2n) is 5.61. The van der Waals surface area contributed by atoms with E-state index in [4.69, 9.17) is 0 Å². The SMILES string of the molecule is N#Cc1c(-c2ccccc2)nc(NN=Cc2cccc(OC(F)(F)F)c2)[nH]c1=O. The number of halogens is 3. The number of hydrazone groups is 1. The number of H-pyrrole nitrogens is 1. The Morgan fingerprint density at radius 1 is 1.17 bits per heavy atom. The van der Waals surface area contributed by atoms with E-state index in [1.165, 1.54) is 18.3 Å². The molecule has 7 nitrogen and oxygen atoms in total. The molecule has 0 fully saturated rings. The van der Waals surface area contributed by atoms with Crippen molar-refractivity contribution in [3.05, 3.63) is 76.1 Å². The Kier molecular flexibility index (Phi) is 5.59. The maximum absolute atomic E-state index is 12.3. The smallest absolute Gasteiger partial charge is 0.406 e. The second kappa shape index (κ2) is 8.26. The van der Waals surface area contributed by atoms with Gasteiger partial charge in [-0.25, -0.2) is 10.4 Å². The topological polar surface area (TPSA) is 103 Å². The zero-order chi connectivity index (χ0) is 20.9. The van der Waals surface area contributed by atoms with Gasteiger partial charge in [-0.05, 0) is 17.7 Å². The first-order valence-corrected chi connectivity index (χ1v) is 8.10. The predicted octanol–water partition coefficient (Wildman–Crippen LogP) is 3.65. The van der Waals surface area contributed by atoms with Crippen LogP contribution in [0.3, 0.4) is 0 Å². The van der Waals surface area contributed by atoms with Gasteiger partial charge in [-0.3, -0.25) is 9.78 Å². The molecule has 1 aromatic heterocycles. The normalized spacial score (nSPS) is 11.2. The quantitative estimate of drug-likeness (QED) is 0.504. The van der Waals surface area contributed by atoms with Gasteiger partial charge in [-0.15, -0.1) is 13.2 Å². The highest BCUT2D eigenvalue weighted by molar-refractivity contribution is 5.80. The van der Waals surface area contributed by atoms with Crippen LogP contribution >= 0.6 is 0 Å². The molecule has 2 aromatic carbocycles. The molecular weight excluding hydrogens is 387 g/mol. The summed E-state index contributed by atoms with van der Waals surface area (Å²) < 4.78 is 40.7. The zero-order valence-corrected chi connectivity index (χ0v) is 14.6. The lowest BCUT2D eigenvalue weighted by molar-refractivity contribution is -0.274. The van der Waals surface area contributed by atoms with Crippen LogP contribution in [-0.2, 0) is 0 Å². The highest BCUT2D eigenvalue weighted by atomic mass is 19.4. The molecule has 0 aliphatic heterocycles. The first-order valence-electron chi connectivity index (χ1n) is 8.10. The van der Waals surface area contributed by atoms with Crippen LogP contribution in [0, 0.1) is 11.3 Å². The number of hydrogen-bond donors (Lipinski definition) is 2. The van der Waals surface area contributed by atoms with Crippen molar-refractivity contribution in [1.82, 2.24) is 9.97 Å². The van der Waals surface area contributed by atoms with Gasteiger partial charge in [0.2, 0.25) is 5.95 Å². The average molecular weight is 399 g/mol. The van der Waals surface area contributed by atoms with E-state index in [2.05, 4.69) is 25.2 Å². The number of alkyl halides is 3. The van der Waals surface area contributed by atoms with Crippen LogP contribution in [0.25, 0.3) is 11.3 Å². The molecule has 2 N–H and O–H groups in total. The van der Waals surface area contributed by atoms with Gasteiger partial charge in [0.15, 0.2) is 0 Å². The number of aromatic nitrogens is 2. The summed E-state index contributed by atoms with van der Waals surface area (Å²) in [6, 6.07) is 15.6. The molecule has 3 rings (SSSR count). The first-order chi connectivity index (χ1) is 13.9. The Morgan fingerprint density at radius 3 is 2.62 bits per heavy atom. The van der Waals surface area contributed by atoms with E-state index in [0.717, 1.165) is 12.1 Å². The van der Waals surface area contributed by atoms with Crippen molar-refractivity contribution in [1.29, 1.82) is 5.26 Å². The van der Waals surface area contributed by atoms with Crippen molar-refractivity contribution < 1.29 is 17.9 Å². The van der Waals surface area contributed by atoms with Crippen LogP contribution in [0.5, 0.6) is 5.75 Å². The van der Waals surface area contributed by atoms with Crippen molar-refractivity contribution >= 4 is 12.2 Å². The number of hydrogen-bond acceptors (Lipinski definition) is 6. The third kappa shape index (κ3) is 5.20. The fourth-order valence-electron chi connectivity index (χ4n) is 2.39. The molecule has 0 saturated carbocycles. The molecule has 0 amide bonds. The number of benzene rings is 2. The largest absolute Gasteiger partial charge is 0.573 e. The van der Waals surface area contributed by atoms with Crippen LogP contribution < -0.4 is 15.7 Å². The lowest BCUT2D eigenvalue weighted by atomic mass is 10.1. The van der Waals surface area contributed by atoms with Gasteiger partial charge in [0.1, 0.15) is 17.4 Å². The van der Waals surface area contributed by atoms with Crippen LogP contribution in [0.1, 0.15) is 11.1 Å². The van der Waals surface area contributed by atoms with E-state index in [9.17, 15) is 23.2 Å². The number of ether oxygens (including phenoxy) is 1. The van der Waals surface area contributed by atoms with E-state index >= 15 is 0 Å². The number of nitrogens with zero attached hydrogens (tertiary/aromatic N) is 3. The summed E-state index contributed by atoms with van der Waals surface area (Å²) in [6.45, 7) is 0. The minimum atomic E-state index is -4.80. The van der Waals surface area contributed by atoms with Gasteiger partial charge in [0.25, 0.3) is 5.56 Å². The number of nitriles is 1. The third-order valence-electron chi connectivity index (χ3n) is 3.55. The summed E-state index contributed by atoms with van der Waals surface area (Å²) in [6.07, 6.45) is -3.57. The number of anilines is 1. The summed E-state index contributed by atoms with van der Waals surface area (Å²) in [4.78, 5) is 18.7. The van der Waals surface area contributed by atoms with Crippen LogP contribution in [0.4, 0.5) is 19.1 Å². The fourth-order valence-corrected chi connectivity index (χ4v) is 2.39. The van der Waals surface area contributed by atoms with Gasteiger partial charge in [-0.2, -0.15) is 10.4 Å². The molecule has 0 unspecified atom stereocenters. The Bertz CT molecular complexity index is 1140. The lowest BCUT2D eigenvalue weighted by Crippen LogP contribution is -2.17. The standard InChI is InChI=1S/C19H12F3N5O2/c20-19(21,22)29-14-8-4-5-12(9-14)11-24-27-18-25-16(13-6-2-1-3-7-13)15(10-23)17(28)26-18/h1-9,11H,(H2,25,26,27,28). The molecule has 10 heteroatoms. The molecule has 0 atom stereocenters. The van der Waals surface area contributed by atoms with Gasteiger partial charge < -0.3 is 4.74 Å². The summed E-state index contributed by atoms with van der Waals surface area (Å²) >= 11 is 0. The van der Waals surface area contributed by atoms with Crippen molar-refractivity contribution in [2.45, 2.75) is 6.36 Å². The number of rotatable bonds is 5. The average Bonchev–Trinajstić information content (AvgIpc) is 2.67. The Hall–Kier alpha value is -4.13. The number of aromatic amines is 1. The predicted molar refractivity (Wildman–Crippen MR) is 99.4 cm³/mol. The molecule has 29 heavy (non-hydrogen) atoms. The fraction of sp³-hybridized carbons (Fsp3) is 0.0526. The van der Waals surface area contributed by atoms with E-state index in [0.29, 0.717) is 11.1 Å². The molecule has 0 spiro atoms. The molecule has 1 heterocycles. The van der Waals surface area contributed by atoms with Crippen molar-refractivity contribution in [2.75, 3.05) is 5.43 Å². The van der Waals surface area contributed by atoms with Crippen molar-refractivity contribution in [3.8, 4) is 23.1 Å². The summed E-state index contributed by atoms with van der Waals surface area (Å²) in [5, 5.41) is 13.1. The number of nitrogens with one attached hydrogen (secondary N) is 2. The zero-order valence-electron chi connectivity index (χ0n) is 14.6. The monoisotopic (exact) mass is 399 g/mol. The van der Waals surface area contributed by atoms with E-state index in [-0.39, 0.29) is 17.2 Å². The minimum Gasteiger partial charge on any atom is -0.406 e. The molecule has 3 aromatic rings. The molecule has 0 radical (unpaired) electrons.